The monoisotopic (exact) mass is 307 g/mol. The van der Waals surface area contributed by atoms with Crippen LogP contribution >= 0.6 is 11.3 Å². The topological polar surface area (TPSA) is 28.2 Å². The van der Waals surface area contributed by atoms with E-state index in [-0.39, 0.29) is 11.4 Å². The molecule has 0 amide bonds. The second-order valence-electron chi connectivity index (χ2n) is 6.15. The molecule has 0 radical (unpaired) electrons. The predicted octanol–water partition coefficient (Wildman–Crippen LogP) is 3.81. The fraction of sp³-hybridized carbons (Fsp3) is 0.438. The summed E-state index contributed by atoms with van der Waals surface area (Å²) in [6.07, 6.45) is 1.67. The number of thiophene rings is 1. The molecule has 0 bridgehead atoms. The van der Waals surface area contributed by atoms with Crippen LogP contribution in [0.25, 0.3) is 0 Å². The highest BCUT2D eigenvalue weighted by Gasteiger charge is 2.16. The SMILES string of the molecule is CN(Cc1cccs1)c1nccc(CNC(C)(C)C)c1F. The maximum atomic E-state index is 14.6. The Balaban J connectivity index is 2.13. The van der Waals surface area contributed by atoms with Crippen LogP contribution in [0.3, 0.4) is 0 Å². The van der Waals surface area contributed by atoms with Crippen LogP contribution in [0.15, 0.2) is 29.8 Å². The molecular formula is C16H22FN3S. The molecule has 0 spiro atoms. The van der Waals surface area contributed by atoms with Crippen LogP contribution in [-0.4, -0.2) is 17.6 Å². The molecule has 21 heavy (non-hydrogen) atoms. The zero-order valence-corrected chi connectivity index (χ0v) is 13.8. The minimum atomic E-state index is -0.242. The molecule has 0 aliphatic heterocycles. The van der Waals surface area contributed by atoms with Crippen molar-refractivity contribution in [1.29, 1.82) is 0 Å². The van der Waals surface area contributed by atoms with Gasteiger partial charge in [-0.25, -0.2) is 9.37 Å². The lowest BCUT2D eigenvalue weighted by Crippen LogP contribution is -2.35. The molecule has 0 aliphatic rings. The lowest BCUT2D eigenvalue weighted by molar-refractivity contribution is 0.418. The summed E-state index contributed by atoms with van der Waals surface area (Å²) in [5.74, 6) is 0.157. The third kappa shape index (κ3) is 4.51. The van der Waals surface area contributed by atoms with Gasteiger partial charge in [-0.3, -0.25) is 0 Å². The number of hydrogen-bond donors (Lipinski definition) is 1. The number of aromatic nitrogens is 1. The van der Waals surface area contributed by atoms with Crippen molar-refractivity contribution in [1.82, 2.24) is 10.3 Å². The highest BCUT2D eigenvalue weighted by molar-refractivity contribution is 7.09. The van der Waals surface area contributed by atoms with Crippen molar-refractivity contribution in [2.24, 2.45) is 0 Å². The summed E-state index contributed by atoms with van der Waals surface area (Å²) in [6.45, 7) is 7.36. The van der Waals surface area contributed by atoms with Crippen molar-refractivity contribution in [3.05, 3.63) is 46.0 Å². The van der Waals surface area contributed by atoms with Crippen LogP contribution in [0.1, 0.15) is 31.2 Å². The van der Waals surface area contributed by atoms with E-state index in [2.05, 4.69) is 31.1 Å². The summed E-state index contributed by atoms with van der Waals surface area (Å²) in [7, 11) is 1.87. The number of halogens is 1. The van der Waals surface area contributed by atoms with Crippen molar-refractivity contribution in [2.45, 2.75) is 39.4 Å². The minimum absolute atomic E-state index is 0.0429. The van der Waals surface area contributed by atoms with E-state index in [1.165, 1.54) is 4.88 Å². The summed E-state index contributed by atoms with van der Waals surface area (Å²) in [5.41, 5.74) is 0.603. The Kier molecular flexibility index (Phi) is 4.96. The van der Waals surface area contributed by atoms with Crippen molar-refractivity contribution in [2.75, 3.05) is 11.9 Å². The van der Waals surface area contributed by atoms with Gasteiger partial charge in [-0.05, 0) is 38.3 Å². The second kappa shape index (κ2) is 6.54. The van der Waals surface area contributed by atoms with Crippen molar-refractivity contribution in [3.63, 3.8) is 0 Å². The van der Waals surface area contributed by atoms with E-state index >= 15 is 0 Å². The molecule has 2 aromatic heterocycles. The van der Waals surface area contributed by atoms with E-state index in [0.717, 1.165) is 0 Å². The summed E-state index contributed by atoms with van der Waals surface area (Å²) in [6, 6.07) is 5.78. The van der Waals surface area contributed by atoms with E-state index in [9.17, 15) is 4.39 Å². The molecular weight excluding hydrogens is 285 g/mol. The van der Waals surface area contributed by atoms with Gasteiger partial charge >= 0.3 is 0 Å². The summed E-state index contributed by atoms with van der Waals surface area (Å²) >= 11 is 1.67. The second-order valence-corrected chi connectivity index (χ2v) is 7.18. The number of pyridine rings is 1. The van der Waals surface area contributed by atoms with Gasteiger partial charge in [-0.15, -0.1) is 11.3 Å². The fourth-order valence-electron chi connectivity index (χ4n) is 1.95. The van der Waals surface area contributed by atoms with Crippen LogP contribution in [0.4, 0.5) is 10.2 Å². The molecule has 1 N–H and O–H groups in total. The number of hydrogen-bond acceptors (Lipinski definition) is 4. The van der Waals surface area contributed by atoms with Crippen molar-refractivity contribution >= 4 is 17.2 Å². The Morgan fingerprint density at radius 1 is 1.33 bits per heavy atom. The zero-order valence-electron chi connectivity index (χ0n) is 13.0. The lowest BCUT2D eigenvalue weighted by atomic mass is 10.1. The van der Waals surface area contributed by atoms with Gasteiger partial charge in [0.15, 0.2) is 11.6 Å². The molecule has 0 fully saturated rings. The number of anilines is 1. The average molecular weight is 307 g/mol. The number of nitrogens with one attached hydrogen (secondary N) is 1. The van der Waals surface area contributed by atoms with Crippen molar-refractivity contribution < 1.29 is 4.39 Å². The Morgan fingerprint density at radius 2 is 2.10 bits per heavy atom. The molecule has 5 heteroatoms. The van der Waals surface area contributed by atoms with Gasteiger partial charge in [0, 0.05) is 35.8 Å². The average Bonchev–Trinajstić information content (AvgIpc) is 2.89. The molecule has 2 rings (SSSR count). The predicted molar refractivity (Wildman–Crippen MR) is 87.2 cm³/mol. The quantitative estimate of drug-likeness (QED) is 0.910. The maximum absolute atomic E-state index is 14.6. The van der Waals surface area contributed by atoms with Gasteiger partial charge in [0.1, 0.15) is 0 Å². The first-order valence-corrected chi connectivity index (χ1v) is 7.87. The van der Waals surface area contributed by atoms with Gasteiger partial charge in [-0.2, -0.15) is 0 Å². The molecule has 3 nitrogen and oxygen atoms in total. The molecule has 0 atom stereocenters. The molecule has 2 heterocycles. The van der Waals surface area contributed by atoms with Crippen LogP contribution in [0.5, 0.6) is 0 Å². The van der Waals surface area contributed by atoms with Gasteiger partial charge in [0.2, 0.25) is 0 Å². The highest BCUT2D eigenvalue weighted by atomic mass is 32.1. The summed E-state index contributed by atoms with van der Waals surface area (Å²) < 4.78 is 14.6. The summed E-state index contributed by atoms with van der Waals surface area (Å²) in [5, 5.41) is 5.33. The van der Waals surface area contributed by atoms with Crippen LogP contribution < -0.4 is 10.2 Å². The Labute approximate surface area is 129 Å². The van der Waals surface area contributed by atoms with E-state index in [1.54, 1.807) is 23.6 Å². The fourth-order valence-corrected chi connectivity index (χ4v) is 2.70. The van der Waals surface area contributed by atoms with Gasteiger partial charge in [0.05, 0.1) is 6.54 Å². The molecule has 0 unspecified atom stereocenters. The zero-order chi connectivity index (χ0) is 15.5. The minimum Gasteiger partial charge on any atom is -0.352 e. The highest BCUT2D eigenvalue weighted by Crippen LogP contribution is 2.21. The standard InChI is InChI=1S/C16H22FN3S/c1-16(2,3)19-10-12-7-8-18-15(14(12)17)20(4)11-13-6-5-9-21-13/h5-9,19H,10-11H2,1-4H3. The Morgan fingerprint density at radius 3 is 2.71 bits per heavy atom. The van der Waals surface area contributed by atoms with E-state index in [0.29, 0.717) is 24.5 Å². The third-order valence-electron chi connectivity index (χ3n) is 3.09. The van der Waals surface area contributed by atoms with E-state index in [4.69, 9.17) is 0 Å². The van der Waals surface area contributed by atoms with Crippen LogP contribution in [0, 0.1) is 5.82 Å². The number of rotatable bonds is 5. The molecule has 2 aromatic rings. The van der Waals surface area contributed by atoms with Crippen LogP contribution in [0.2, 0.25) is 0 Å². The lowest BCUT2D eigenvalue weighted by Gasteiger charge is -2.22. The molecule has 0 saturated carbocycles. The number of nitrogens with zero attached hydrogens (tertiary/aromatic N) is 2. The van der Waals surface area contributed by atoms with Gasteiger partial charge in [-0.1, -0.05) is 6.07 Å². The normalized spacial score (nSPS) is 11.7. The third-order valence-corrected chi connectivity index (χ3v) is 3.96. The first-order chi connectivity index (χ1) is 9.87. The van der Waals surface area contributed by atoms with Gasteiger partial charge < -0.3 is 10.2 Å². The molecule has 114 valence electrons. The Bertz CT molecular complexity index is 576. The summed E-state index contributed by atoms with van der Waals surface area (Å²) in [4.78, 5) is 7.23. The first kappa shape index (κ1) is 15.9. The Hall–Kier alpha value is -1.46. The first-order valence-electron chi connectivity index (χ1n) is 6.99. The molecule has 0 aliphatic carbocycles. The van der Waals surface area contributed by atoms with E-state index in [1.807, 2.05) is 29.5 Å². The molecule has 0 saturated heterocycles. The van der Waals surface area contributed by atoms with Crippen LogP contribution in [-0.2, 0) is 13.1 Å². The maximum Gasteiger partial charge on any atom is 0.170 e. The van der Waals surface area contributed by atoms with Crippen molar-refractivity contribution in [3.8, 4) is 0 Å². The van der Waals surface area contributed by atoms with Gasteiger partial charge in [0.25, 0.3) is 0 Å². The largest absolute Gasteiger partial charge is 0.352 e. The van der Waals surface area contributed by atoms with E-state index < -0.39 is 0 Å². The smallest absolute Gasteiger partial charge is 0.170 e. The molecule has 0 aromatic carbocycles.